The summed E-state index contributed by atoms with van der Waals surface area (Å²) in [6.45, 7) is 5.99. The van der Waals surface area contributed by atoms with E-state index in [0.29, 0.717) is 10.9 Å². The van der Waals surface area contributed by atoms with Gasteiger partial charge in [-0.3, -0.25) is 4.79 Å². The molecule has 0 saturated heterocycles. The van der Waals surface area contributed by atoms with E-state index in [0.717, 1.165) is 45.0 Å². The van der Waals surface area contributed by atoms with Gasteiger partial charge < -0.3 is 4.57 Å². The molecule has 0 N–H and O–H groups in total. The second-order valence-electron chi connectivity index (χ2n) is 8.99. The van der Waals surface area contributed by atoms with Gasteiger partial charge in [-0.1, -0.05) is 24.3 Å². The van der Waals surface area contributed by atoms with Crippen molar-refractivity contribution in [1.82, 2.24) is 14.2 Å². The Hall–Kier alpha value is -3.73. The van der Waals surface area contributed by atoms with Gasteiger partial charge in [0.2, 0.25) is 0 Å². The smallest absolute Gasteiger partial charge is 0.318 e. The molecule has 0 bridgehead atoms. The summed E-state index contributed by atoms with van der Waals surface area (Å²) in [5.74, 6) is 0.0260. The quantitative estimate of drug-likeness (QED) is 0.156. The van der Waals surface area contributed by atoms with Crippen LogP contribution < -0.4 is 5.56 Å². The van der Waals surface area contributed by atoms with Crippen LogP contribution in [0.25, 0.3) is 28.0 Å². The van der Waals surface area contributed by atoms with E-state index in [2.05, 4.69) is 56.3 Å². The molecule has 0 unspecified atom stereocenters. The van der Waals surface area contributed by atoms with Gasteiger partial charge in [-0.25, -0.2) is 4.98 Å². The van der Waals surface area contributed by atoms with Crippen LogP contribution in [0.3, 0.4) is 0 Å². The van der Waals surface area contributed by atoms with Gasteiger partial charge in [0.15, 0.2) is 5.82 Å². The summed E-state index contributed by atoms with van der Waals surface area (Å²) in [5.41, 5.74) is 4.04. The molecular weight excluding hydrogens is 604 g/mol. The van der Waals surface area contributed by atoms with Crippen molar-refractivity contribution in [2.75, 3.05) is 0 Å². The molecule has 0 fully saturated rings. The Morgan fingerprint density at radius 3 is 2.45 bits per heavy atom. The molecule has 2 aromatic heterocycles. The summed E-state index contributed by atoms with van der Waals surface area (Å²) < 4.78 is 44.6. The zero-order valence-electron chi connectivity index (χ0n) is 20.7. The molecule has 5 rings (SSSR count). The Bertz CT molecular complexity index is 1780. The zero-order chi connectivity index (χ0) is 27.2. The average Bonchev–Trinajstić information content (AvgIpc) is 3.17. The Kier molecular flexibility index (Phi) is 6.72. The van der Waals surface area contributed by atoms with Crippen LogP contribution in [0.1, 0.15) is 28.1 Å². The number of aromatic nitrogens is 3. The van der Waals surface area contributed by atoms with E-state index in [4.69, 9.17) is 0 Å². The fourth-order valence-electron chi connectivity index (χ4n) is 4.46. The minimum Gasteiger partial charge on any atom is -0.318 e. The van der Waals surface area contributed by atoms with Gasteiger partial charge in [0.1, 0.15) is 0 Å². The van der Waals surface area contributed by atoms with E-state index < -0.39 is 17.3 Å². The third kappa shape index (κ3) is 4.78. The molecule has 0 amide bonds. The normalized spacial score (nSPS) is 12.1. The number of fused-ring (bicyclic) bond motifs is 1. The van der Waals surface area contributed by atoms with Crippen molar-refractivity contribution < 1.29 is 13.2 Å². The van der Waals surface area contributed by atoms with Crippen LogP contribution in [0.2, 0.25) is 0 Å². The number of halogens is 4. The van der Waals surface area contributed by atoms with Crippen LogP contribution in [-0.4, -0.2) is 20.4 Å². The van der Waals surface area contributed by atoms with Crippen molar-refractivity contribution in [3.05, 3.63) is 115 Å². The molecular formula is C29H22F3IN4O. The van der Waals surface area contributed by atoms with Gasteiger partial charge >= 0.3 is 6.18 Å². The lowest BCUT2D eigenvalue weighted by molar-refractivity contribution is -0.137. The number of hydrogen-bond donors (Lipinski definition) is 0. The fourth-order valence-corrected chi connectivity index (χ4v) is 4.79. The molecule has 192 valence electrons. The maximum absolute atomic E-state index is 13.5. The Morgan fingerprint density at radius 2 is 1.71 bits per heavy atom. The van der Waals surface area contributed by atoms with Gasteiger partial charge in [0.25, 0.3) is 5.56 Å². The van der Waals surface area contributed by atoms with Crippen LogP contribution >= 0.6 is 22.6 Å². The first-order valence-electron chi connectivity index (χ1n) is 11.7. The molecule has 5 aromatic rings. The van der Waals surface area contributed by atoms with Gasteiger partial charge in [-0.05, 0) is 97.5 Å². The first kappa shape index (κ1) is 25.9. The van der Waals surface area contributed by atoms with E-state index in [1.54, 1.807) is 30.5 Å². The molecule has 0 radical (unpaired) electrons. The predicted octanol–water partition coefficient (Wildman–Crippen LogP) is 7.29. The van der Waals surface area contributed by atoms with Crippen molar-refractivity contribution in [3.8, 4) is 17.1 Å². The molecule has 0 atom stereocenters. The molecule has 9 heteroatoms. The van der Waals surface area contributed by atoms with E-state index >= 15 is 0 Å². The first-order valence-corrected chi connectivity index (χ1v) is 12.8. The third-order valence-corrected chi connectivity index (χ3v) is 7.59. The number of benzene rings is 3. The van der Waals surface area contributed by atoms with Crippen LogP contribution in [0.4, 0.5) is 13.2 Å². The average molecular weight is 626 g/mol. The predicted molar refractivity (Wildman–Crippen MR) is 152 cm³/mol. The minimum absolute atomic E-state index is 0.0260. The third-order valence-electron chi connectivity index (χ3n) is 6.38. The van der Waals surface area contributed by atoms with E-state index in [9.17, 15) is 18.0 Å². The van der Waals surface area contributed by atoms with Crippen molar-refractivity contribution in [2.45, 2.75) is 26.9 Å². The number of rotatable bonds is 4. The van der Waals surface area contributed by atoms with E-state index in [1.807, 2.05) is 26.0 Å². The fraction of sp³-hybridized carbons (Fsp3) is 0.138. The second kappa shape index (κ2) is 9.86. The molecule has 38 heavy (non-hydrogen) atoms. The van der Waals surface area contributed by atoms with Gasteiger partial charge in [-0.2, -0.15) is 22.9 Å². The summed E-state index contributed by atoms with van der Waals surface area (Å²) in [6, 6.07) is 19.6. The standard InChI is InChI=1S/C29H22F3IN4O/c1-17-13-23(11-12-25(17)33)36-18(2)14-21(19(36)3)16-34-37-27(20-7-6-8-22(15-20)29(30,31)32)35-26-10-5-4-9-24(26)28(37)38/h4-16H,1-3H3. The number of aryl methyl sites for hydroxylation is 2. The topological polar surface area (TPSA) is 52.2 Å². The highest BCUT2D eigenvalue weighted by molar-refractivity contribution is 14.1. The SMILES string of the molecule is Cc1cc(-n2c(C)cc(C=Nn3c(-c4cccc(C(F)(F)F)c4)nc4ccccc4c3=O)c2C)ccc1I. The number of alkyl halides is 3. The Balaban J connectivity index is 1.66. The van der Waals surface area contributed by atoms with Crippen molar-refractivity contribution >= 4 is 39.7 Å². The maximum Gasteiger partial charge on any atom is 0.416 e. The lowest BCUT2D eigenvalue weighted by atomic mass is 10.1. The molecule has 0 spiro atoms. The monoisotopic (exact) mass is 626 g/mol. The van der Waals surface area contributed by atoms with E-state index in [-0.39, 0.29) is 11.4 Å². The second-order valence-corrected chi connectivity index (χ2v) is 10.2. The van der Waals surface area contributed by atoms with Crippen LogP contribution in [0.5, 0.6) is 0 Å². The van der Waals surface area contributed by atoms with Gasteiger partial charge in [0.05, 0.1) is 22.7 Å². The maximum atomic E-state index is 13.5. The molecule has 5 nitrogen and oxygen atoms in total. The molecule has 0 aliphatic heterocycles. The van der Waals surface area contributed by atoms with Crippen LogP contribution in [0, 0.1) is 24.3 Å². The van der Waals surface area contributed by atoms with Crippen LogP contribution in [0.15, 0.2) is 82.7 Å². The molecule has 2 heterocycles. The number of para-hydroxylation sites is 1. The molecule has 0 aliphatic carbocycles. The summed E-state index contributed by atoms with van der Waals surface area (Å²) >= 11 is 2.29. The number of hydrogen-bond acceptors (Lipinski definition) is 3. The Morgan fingerprint density at radius 1 is 0.947 bits per heavy atom. The minimum atomic E-state index is -4.54. The van der Waals surface area contributed by atoms with Gasteiger partial charge in [0, 0.05) is 31.8 Å². The Labute approximate surface area is 230 Å². The lowest BCUT2D eigenvalue weighted by Gasteiger charge is -2.12. The molecule has 0 saturated carbocycles. The highest BCUT2D eigenvalue weighted by Gasteiger charge is 2.31. The van der Waals surface area contributed by atoms with Crippen molar-refractivity contribution in [1.29, 1.82) is 0 Å². The largest absolute Gasteiger partial charge is 0.416 e. The highest BCUT2D eigenvalue weighted by Crippen LogP contribution is 2.32. The summed E-state index contributed by atoms with van der Waals surface area (Å²) in [7, 11) is 0. The van der Waals surface area contributed by atoms with E-state index in [1.165, 1.54) is 15.7 Å². The summed E-state index contributed by atoms with van der Waals surface area (Å²) in [5, 5.41) is 4.78. The first-order chi connectivity index (χ1) is 18.0. The highest BCUT2D eigenvalue weighted by atomic mass is 127. The summed E-state index contributed by atoms with van der Waals surface area (Å²) in [4.78, 5) is 18.0. The van der Waals surface area contributed by atoms with Crippen molar-refractivity contribution in [2.24, 2.45) is 5.10 Å². The lowest BCUT2D eigenvalue weighted by Crippen LogP contribution is -2.20. The molecule has 0 aliphatic rings. The van der Waals surface area contributed by atoms with Crippen LogP contribution in [-0.2, 0) is 6.18 Å². The van der Waals surface area contributed by atoms with Crippen molar-refractivity contribution in [3.63, 3.8) is 0 Å². The summed E-state index contributed by atoms with van der Waals surface area (Å²) in [6.07, 6.45) is -2.99. The zero-order valence-corrected chi connectivity index (χ0v) is 22.9. The van der Waals surface area contributed by atoms with Gasteiger partial charge in [-0.15, -0.1) is 0 Å². The molecule has 3 aromatic carbocycles. The number of nitrogens with zero attached hydrogens (tertiary/aromatic N) is 4.